The van der Waals surface area contributed by atoms with Gasteiger partial charge in [-0.1, -0.05) is 178 Å². The Morgan fingerprint density at radius 2 is 0.921 bits per heavy atom. The highest BCUT2D eigenvalue weighted by molar-refractivity contribution is 6.20. The Labute approximate surface area is 365 Å². The molecule has 0 unspecified atom stereocenters. The van der Waals surface area contributed by atoms with Crippen molar-refractivity contribution in [2.45, 2.75) is 19.3 Å². The Bertz CT molecular complexity index is 3470. The topological polar surface area (TPSA) is 55.1 Å². The first kappa shape index (κ1) is 36.7. The zero-order valence-corrected chi connectivity index (χ0v) is 34.8. The van der Waals surface area contributed by atoms with Gasteiger partial charge in [0.1, 0.15) is 11.2 Å². The molecule has 2 heterocycles. The first-order valence-corrected chi connectivity index (χ1v) is 21.4. The number of rotatable bonds is 7. The van der Waals surface area contributed by atoms with Crippen LogP contribution in [-0.4, -0.2) is 15.0 Å². The average Bonchev–Trinajstić information content (AvgIpc) is 3.84. The van der Waals surface area contributed by atoms with E-state index in [9.17, 15) is 0 Å². The zero-order valence-electron chi connectivity index (χ0n) is 34.8. The number of hydrogen-bond donors (Lipinski definition) is 0. The van der Waals surface area contributed by atoms with Gasteiger partial charge in [-0.2, -0.15) is 0 Å². The number of aromatic nitrogens is 3. The van der Waals surface area contributed by atoms with Crippen molar-refractivity contribution in [3.05, 3.63) is 217 Å². The average molecular weight is 809 g/mol. The third kappa shape index (κ3) is 6.12. The normalized spacial score (nSPS) is 12.7. The highest BCUT2D eigenvalue weighted by Crippen LogP contribution is 2.52. The fourth-order valence-corrected chi connectivity index (χ4v) is 9.53. The lowest BCUT2D eigenvalue weighted by Gasteiger charge is -2.29. The lowest BCUT2D eigenvalue weighted by atomic mass is 9.82. The van der Waals surface area contributed by atoms with Crippen LogP contribution in [0, 0.1) is 0 Å². The second-order valence-electron chi connectivity index (χ2n) is 16.8. The fourth-order valence-electron chi connectivity index (χ4n) is 9.53. The van der Waals surface area contributed by atoms with E-state index in [1.165, 1.54) is 22.3 Å². The van der Waals surface area contributed by atoms with E-state index in [-0.39, 0.29) is 5.41 Å². The Morgan fingerprint density at radius 3 is 1.62 bits per heavy atom. The molecule has 0 radical (unpaired) electrons. The number of nitrogens with zero attached hydrogens (tertiary/aromatic N) is 4. The summed E-state index contributed by atoms with van der Waals surface area (Å²) >= 11 is 0. The molecular formula is C58H40N4O. The molecule has 0 atom stereocenters. The summed E-state index contributed by atoms with van der Waals surface area (Å²) in [6, 6.07) is 72.7. The van der Waals surface area contributed by atoms with Crippen LogP contribution in [0.15, 0.2) is 211 Å². The van der Waals surface area contributed by atoms with Gasteiger partial charge in [-0.3, -0.25) is 0 Å². The van der Waals surface area contributed by atoms with Gasteiger partial charge in [0.2, 0.25) is 0 Å². The van der Waals surface area contributed by atoms with Crippen LogP contribution in [0.1, 0.15) is 25.0 Å². The molecule has 0 fully saturated rings. The number of fused-ring (bicyclic) bond motifs is 8. The smallest absolute Gasteiger partial charge is 0.164 e. The molecule has 0 saturated heterocycles. The Hall–Kier alpha value is -8.15. The van der Waals surface area contributed by atoms with Crippen molar-refractivity contribution in [3.8, 4) is 56.4 Å². The Morgan fingerprint density at radius 1 is 0.381 bits per heavy atom. The van der Waals surface area contributed by atoms with Crippen molar-refractivity contribution in [3.63, 3.8) is 0 Å². The molecule has 0 spiro atoms. The standard InChI is InChI=1S/C58H40N4O/c1-58(2)50-24-14-12-22-44(50)45-33-31-43(35-51(45)58)62(42-20-10-5-11-21-42)52-36-49-47-23-13-15-25-53(47)63-54(49)48-34-41(30-32-46(48)52)37-26-28-40(29-27-37)57-60-55(38-16-6-3-7-17-38)59-56(61-57)39-18-8-4-9-19-39/h3-36H,1-2H3. The van der Waals surface area contributed by atoms with Crippen molar-refractivity contribution in [2.75, 3.05) is 4.90 Å². The minimum absolute atomic E-state index is 0.139. The minimum Gasteiger partial charge on any atom is -0.455 e. The van der Waals surface area contributed by atoms with Crippen LogP contribution in [0.25, 0.3) is 89.1 Å². The molecule has 11 aromatic rings. The third-order valence-electron chi connectivity index (χ3n) is 12.7. The molecule has 0 aliphatic heterocycles. The van der Waals surface area contributed by atoms with Crippen molar-refractivity contribution in [2.24, 2.45) is 0 Å². The molecule has 9 aromatic carbocycles. The third-order valence-corrected chi connectivity index (χ3v) is 12.7. The summed E-state index contributed by atoms with van der Waals surface area (Å²) in [4.78, 5) is 17.2. The zero-order chi connectivity index (χ0) is 42.1. The summed E-state index contributed by atoms with van der Waals surface area (Å²) in [7, 11) is 0. The van der Waals surface area contributed by atoms with Crippen LogP contribution in [0.3, 0.4) is 0 Å². The van der Waals surface area contributed by atoms with E-state index >= 15 is 0 Å². The van der Waals surface area contributed by atoms with Gasteiger partial charge >= 0.3 is 0 Å². The Balaban J connectivity index is 1.01. The summed E-state index contributed by atoms with van der Waals surface area (Å²) in [5.41, 5.74) is 15.2. The van der Waals surface area contributed by atoms with Crippen molar-refractivity contribution >= 4 is 49.8 Å². The van der Waals surface area contributed by atoms with E-state index < -0.39 is 0 Å². The minimum atomic E-state index is -0.139. The highest BCUT2D eigenvalue weighted by atomic mass is 16.3. The van der Waals surface area contributed by atoms with Gasteiger partial charge in [0.05, 0.1) is 5.69 Å². The molecule has 2 aromatic heterocycles. The molecule has 1 aliphatic rings. The van der Waals surface area contributed by atoms with Crippen LogP contribution in [0.5, 0.6) is 0 Å². The van der Waals surface area contributed by atoms with Crippen LogP contribution in [0.4, 0.5) is 17.1 Å². The molecule has 0 N–H and O–H groups in total. The first-order chi connectivity index (χ1) is 31.0. The molecule has 298 valence electrons. The molecular weight excluding hydrogens is 769 g/mol. The first-order valence-electron chi connectivity index (χ1n) is 21.4. The molecule has 5 nitrogen and oxygen atoms in total. The maximum atomic E-state index is 6.76. The van der Waals surface area contributed by atoms with Gasteiger partial charge in [-0.15, -0.1) is 0 Å². The van der Waals surface area contributed by atoms with E-state index in [1.54, 1.807) is 0 Å². The van der Waals surface area contributed by atoms with E-state index in [4.69, 9.17) is 19.4 Å². The summed E-state index contributed by atoms with van der Waals surface area (Å²) in [5.74, 6) is 1.91. The van der Waals surface area contributed by atoms with Gasteiger partial charge in [-0.05, 0) is 75.8 Å². The largest absolute Gasteiger partial charge is 0.455 e. The van der Waals surface area contributed by atoms with E-state index in [0.29, 0.717) is 17.5 Å². The molecule has 0 bridgehead atoms. The second kappa shape index (κ2) is 14.5. The molecule has 63 heavy (non-hydrogen) atoms. The lowest BCUT2D eigenvalue weighted by Crippen LogP contribution is -2.16. The van der Waals surface area contributed by atoms with Crippen LogP contribution in [0.2, 0.25) is 0 Å². The molecule has 0 amide bonds. The van der Waals surface area contributed by atoms with E-state index in [0.717, 1.165) is 77.6 Å². The highest BCUT2D eigenvalue weighted by Gasteiger charge is 2.36. The van der Waals surface area contributed by atoms with Gasteiger partial charge in [0.15, 0.2) is 17.5 Å². The van der Waals surface area contributed by atoms with Crippen LogP contribution < -0.4 is 4.90 Å². The maximum absolute atomic E-state index is 6.76. The maximum Gasteiger partial charge on any atom is 0.164 e. The van der Waals surface area contributed by atoms with Crippen LogP contribution >= 0.6 is 0 Å². The molecule has 5 heteroatoms. The summed E-state index contributed by atoms with van der Waals surface area (Å²) in [6.45, 7) is 4.69. The summed E-state index contributed by atoms with van der Waals surface area (Å²) in [6.07, 6.45) is 0. The number of benzene rings is 9. The monoisotopic (exact) mass is 808 g/mol. The molecule has 1 aliphatic carbocycles. The second-order valence-corrected chi connectivity index (χ2v) is 16.8. The predicted octanol–water partition coefficient (Wildman–Crippen LogP) is 15.4. The number of anilines is 3. The Kier molecular flexibility index (Phi) is 8.44. The van der Waals surface area contributed by atoms with Gasteiger partial charge < -0.3 is 9.32 Å². The van der Waals surface area contributed by atoms with Crippen molar-refractivity contribution in [1.29, 1.82) is 0 Å². The summed E-state index contributed by atoms with van der Waals surface area (Å²) < 4.78 is 6.76. The predicted molar refractivity (Wildman–Crippen MR) is 259 cm³/mol. The van der Waals surface area contributed by atoms with E-state index in [1.807, 2.05) is 66.7 Å². The quantitative estimate of drug-likeness (QED) is 0.160. The number of para-hydroxylation sites is 2. The number of hydrogen-bond acceptors (Lipinski definition) is 5. The van der Waals surface area contributed by atoms with Crippen LogP contribution in [-0.2, 0) is 5.41 Å². The lowest BCUT2D eigenvalue weighted by molar-refractivity contribution is 0.660. The summed E-state index contributed by atoms with van der Waals surface area (Å²) in [5, 5.41) is 4.31. The van der Waals surface area contributed by atoms with Gasteiger partial charge in [-0.25, -0.2) is 15.0 Å². The SMILES string of the molecule is CC1(C)c2ccccc2-c2ccc(N(c3ccccc3)c3cc4c5ccccc5oc4c4cc(-c5ccc(-c6nc(-c7ccccc7)nc(-c7ccccc7)n6)cc5)ccc34)cc21. The van der Waals surface area contributed by atoms with E-state index in [2.05, 4.69) is 158 Å². The molecule has 12 rings (SSSR count). The fraction of sp³-hybridized carbons (Fsp3) is 0.0517. The van der Waals surface area contributed by atoms with Gasteiger partial charge in [0.25, 0.3) is 0 Å². The molecule has 0 saturated carbocycles. The number of furan rings is 1. The van der Waals surface area contributed by atoms with Crippen molar-refractivity contribution < 1.29 is 4.42 Å². The van der Waals surface area contributed by atoms with Gasteiger partial charge in [0, 0.05) is 55.0 Å². The van der Waals surface area contributed by atoms with Crippen molar-refractivity contribution in [1.82, 2.24) is 15.0 Å².